The highest BCUT2D eigenvalue weighted by atomic mass is 16.2. The van der Waals surface area contributed by atoms with Crippen molar-refractivity contribution in [1.82, 2.24) is 10.2 Å². The zero-order chi connectivity index (χ0) is 14.0. The summed E-state index contributed by atoms with van der Waals surface area (Å²) in [5.74, 6) is 1.06. The van der Waals surface area contributed by atoms with Crippen LogP contribution in [0.4, 0.5) is 4.79 Å². The summed E-state index contributed by atoms with van der Waals surface area (Å²) in [6.45, 7) is 7.26. The fourth-order valence-electron chi connectivity index (χ4n) is 3.49. The molecule has 2 aliphatic rings. The molecular formula is C15H26N2O2. The number of hydrogen-bond donors (Lipinski definition) is 1. The number of nitrogens with one attached hydrogen (secondary N) is 1. The Labute approximate surface area is 115 Å². The van der Waals surface area contributed by atoms with Crippen molar-refractivity contribution in [3.05, 3.63) is 0 Å². The quantitative estimate of drug-likeness (QED) is 0.795. The summed E-state index contributed by atoms with van der Waals surface area (Å²) < 4.78 is 0. The van der Waals surface area contributed by atoms with E-state index >= 15 is 0 Å². The first-order valence-corrected chi connectivity index (χ1v) is 7.62. The van der Waals surface area contributed by atoms with Gasteiger partial charge in [-0.3, -0.25) is 10.1 Å². The Morgan fingerprint density at radius 3 is 2.58 bits per heavy atom. The van der Waals surface area contributed by atoms with E-state index in [1.54, 1.807) is 0 Å². The van der Waals surface area contributed by atoms with E-state index in [1.807, 2.05) is 4.90 Å². The van der Waals surface area contributed by atoms with Crippen molar-refractivity contribution in [3.8, 4) is 0 Å². The molecule has 1 saturated heterocycles. The van der Waals surface area contributed by atoms with Gasteiger partial charge in [0.15, 0.2) is 0 Å². The Balaban J connectivity index is 2.14. The Hall–Kier alpha value is -1.06. The van der Waals surface area contributed by atoms with E-state index in [0.29, 0.717) is 18.4 Å². The molecule has 4 nitrogen and oxygen atoms in total. The van der Waals surface area contributed by atoms with E-state index in [4.69, 9.17) is 0 Å². The lowest BCUT2D eigenvalue weighted by Gasteiger charge is -2.41. The fraction of sp³-hybridized carbons (Fsp3) is 0.867. The number of amides is 3. The number of imide groups is 1. The minimum absolute atomic E-state index is 0.0619. The molecular weight excluding hydrogens is 240 g/mol. The molecule has 2 rings (SSSR count). The van der Waals surface area contributed by atoms with Crippen LogP contribution in [0.15, 0.2) is 0 Å². The van der Waals surface area contributed by atoms with Crippen molar-refractivity contribution in [2.75, 3.05) is 6.54 Å². The van der Waals surface area contributed by atoms with Crippen molar-refractivity contribution in [2.24, 2.45) is 11.8 Å². The fourth-order valence-corrected chi connectivity index (χ4v) is 3.49. The van der Waals surface area contributed by atoms with Crippen LogP contribution in [-0.4, -0.2) is 28.9 Å². The first-order valence-electron chi connectivity index (χ1n) is 7.62. The molecule has 0 radical (unpaired) electrons. The minimum atomic E-state index is -0.536. The summed E-state index contributed by atoms with van der Waals surface area (Å²) in [4.78, 5) is 26.2. The van der Waals surface area contributed by atoms with Gasteiger partial charge < -0.3 is 4.90 Å². The van der Waals surface area contributed by atoms with Gasteiger partial charge in [0, 0.05) is 6.54 Å². The Morgan fingerprint density at radius 1 is 1.37 bits per heavy atom. The Kier molecular flexibility index (Phi) is 4.16. The predicted molar refractivity (Wildman–Crippen MR) is 74.7 cm³/mol. The van der Waals surface area contributed by atoms with Crippen LogP contribution in [0.3, 0.4) is 0 Å². The monoisotopic (exact) mass is 266 g/mol. The third-order valence-corrected chi connectivity index (χ3v) is 4.78. The largest absolute Gasteiger partial charge is 0.325 e. The summed E-state index contributed by atoms with van der Waals surface area (Å²) in [5, 5.41) is 2.54. The van der Waals surface area contributed by atoms with Crippen molar-refractivity contribution in [1.29, 1.82) is 0 Å². The van der Waals surface area contributed by atoms with Gasteiger partial charge in [-0.1, -0.05) is 27.2 Å². The molecule has 4 heteroatoms. The average molecular weight is 266 g/mol. The SMILES string of the molecule is CCCC(C)CN1C(=O)NC(=O)C12CCC(C)CC2. The van der Waals surface area contributed by atoms with Crippen LogP contribution in [0.25, 0.3) is 0 Å². The molecule has 1 heterocycles. The van der Waals surface area contributed by atoms with Crippen molar-refractivity contribution < 1.29 is 9.59 Å². The van der Waals surface area contributed by atoms with Crippen LogP contribution in [0, 0.1) is 11.8 Å². The third-order valence-electron chi connectivity index (χ3n) is 4.78. The summed E-state index contributed by atoms with van der Waals surface area (Å²) in [7, 11) is 0. The van der Waals surface area contributed by atoms with E-state index < -0.39 is 5.54 Å². The molecule has 2 fully saturated rings. The van der Waals surface area contributed by atoms with Gasteiger partial charge in [0.05, 0.1) is 0 Å². The molecule has 1 N–H and O–H groups in total. The normalized spacial score (nSPS) is 32.8. The molecule has 1 aliphatic heterocycles. The predicted octanol–water partition coefficient (Wildman–Crippen LogP) is 2.92. The maximum Gasteiger partial charge on any atom is 0.325 e. The second-order valence-corrected chi connectivity index (χ2v) is 6.48. The zero-order valence-electron chi connectivity index (χ0n) is 12.4. The Bertz CT molecular complexity index is 359. The van der Waals surface area contributed by atoms with Gasteiger partial charge in [-0.15, -0.1) is 0 Å². The van der Waals surface area contributed by atoms with E-state index in [0.717, 1.165) is 38.5 Å². The molecule has 1 aliphatic carbocycles. The van der Waals surface area contributed by atoms with E-state index in [2.05, 4.69) is 26.1 Å². The number of carbonyl (C=O) groups is 2. The lowest BCUT2D eigenvalue weighted by atomic mass is 9.76. The molecule has 1 atom stereocenters. The van der Waals surface area contributed by atoms with Crippen LogP contribution >= 0.6 is 0 Å². The van der Waals surface area contributed by atoms with Crippen LogP contribution in [0.1, 0.15) is 59.3 Å². The Morgan fingerprint density at radius 2 is 2.00 bits per heavy atom. The van der Waals surface area contributed by atoms with Gasteiger partial charge in [-0.05, 0) is 43.9 Å². The summed E-state index contributed by atoms with van der Waals surface area (Å²) >= 11 is 0. The number of rotatable bonds is 4. The highest BCUT2D eigenvalue weighted by Gasteiger charge is 2.53. The molecule has 0 aromatic heterocycles. The van der Waals surface area contributed by atoms with Crippen LogP contribution in [-0.2, 0) is 4.79 Å². The number of carbonyl (C=O) groups excluding carboxylic acids is 2. The molecule has 0 bridgehead atoms. The second-order valence-electron chi connectivity index (χ2n) is 6.48. The highest BCUT2D eigenvalue weighted by Crippen LogP contribution is 2.39. The van der Waals surface area contributed by atoms with Gasteiger partial charge >= 0.3 is 6.03 Å². The van der Waals surface area contributed by atoms with Crippen LogP contribution in [0.5, 0.6) is 0 Å². The van der Waals surface area contributed by atoms with Gasteiger partial charge in [-0.2, -0.15) is 0 Å². The maximum absolute atomic E-state index is 12.2. The first kappa shape index (κ1) is 14.4. The van der Waals surface area contributed by atoms with Crippen molar-refractivity contribution in [2.45, 2.75) is 64.8 Å². The molecule has 1 saturated carbocycles. The van der Waals surface area contributed by atoms with Gasteiger partial charge in [0.2, 0.25) is 0 Å². The molecule has 0 aromatic carbocycles. The highest BCUT2D eigenvalue weighted by molar-refractivity contribution is 6.07. The second kappa shape index (κ2) is 5.51. The topological polar surface area (TPSA) is 49.4 Å². The standard InChI is InChI=1S/C15H26N2O2/c1-4-5-12(3)10-17-14(19)16-13(18)15(17)8-6-11(2)7-9-15/h11-12H,4-10H2,1-3H3,(H,16,18,19). The average Bonchev–Trinajstić information content (AvgIpc) is 2.58. The lowest BCUT2D eigenvalue weighted by molar-refractivity contribution is -0.128. The lowest BCUT2D eigenvalue weighted by Crippen LogP contribution is -2.53. The zero-order valence-corrected chi connectivity index (χ0v) is 12.4. The molecule has 1 unspecified atom stereocenters. The van der Waals surface area contributed by atoms with Crippen molar-refractivity contribution in [3.63, 3.8) is 0 Å². The van der Waals surface area contributed by atoms with E-state index in [1.165, 1.54) is 0 Å². The summed E-state index contributed by atoms with van der Waals surface area (Å²) in [6, 6.07) is -0.178. The maximum atomic E-state index is 12.2. The third kappa shape index (κ3) is 2.63. The number of nitrogens with zero attached hydrogens (tertiary/aromatic N) is 1. The first-order chi connectivity index (χ1) is 8.99. The van der Waals surface area contributed by atoms with Gasteiger partial charge in [-0.25, -0.2) is 4.79 Å². The van der Waals surface area contributed by atoms with Crippen LogP contribution in [0.2, 0.25) is 0 Å². The molecule has 1 spiro atoms. The van der Waals surface area contributed by atoms with Crippen molar-refractivity contribution >= 4 is 11.9 Å². The molecule has 19 heavy (non-hydrogen) atoms. The smallest absolute Gasteiger partial charge is 0.309 e. The number of hydrogen-bond acceptors (Lipinski definition) is 2. The molecule has 3 amide bonds. The van der Waals surface area contributed by atoms with Gasteiger partial charge in [0.25, 0.3) is 5.91 Å². The van der Waals surface area contributed by atoms with Crippen LogP contribution < -0.4 is 5.32 Å². The number of urea groups is 1. The van der Waals surface area contributed by atoms with Gasteiger partial charge in [0.1, 0.15) is 5.54 Å². The summed E-state index contributed by atoms with van der Waals surface area (Å²) in [5.41, 5.74) is -0.536. The van der Waals surface area contributed by atoms with E-state index in [-0.39, 0.29) is 11.9 Å². The van der Waals surface area contributed by atoms with E-state index in [9.17, 15) is 9.59 Å². The minimum Gasteiger partial charge on any atom is -0.309 e. The molecule has 0 aromatic rings. The molecule has 108 valence electrons. The summed E-state index contributed by atoms with van der Waals surface area (Å²) in [6.07, 6.45) is 5.95.